The number of ether oxygens (including phenoxy) is 1. The zero-order valence-corrected chi connectivity index (χ0v) is 11.6. The molecule has 0 aliphatic heterocycles. The van der Waals surface area contributed by atoms with Crippen LogP contribution in [-0.2, 0) is 4.79 Å². The van der Waals surface area contributed by atoms with E-state index in [0.29, 0.717) is 12.2 Å². The van der Waals surface area contributed by atoms with Crippen molar-refractivity contribution in [3.8, 4) is 5.75 Å². The van der Waals surface area contributed by atoms with Crippen LogP contribution in [-0.4, -0.2) is 24.0 Å². The van der Waals surface area contributed by atoms with Crippen molar-refractivity contribution >= 4 is 17.3 Å². The van der Waals surface area contributed by atoms with Crippen molar-refractivity contribution in [3.63, 3.8) is 0 Å². The molecule has 1 amide bonds. The number of nitrogens with two attached hydrogens (primary N) is 1. The van der Waals surface area contributed by atoms with Gasteiger partial charge in [-0.25, -0.2) is 0 Å². The van der Waals surface area contributed by atoms with Crippen LogP contribution in [0.4, 0.5) is 11.4 Å². The van der Waals surface area contributed by atoms with Gasteiger partial charge in [0.05, 0.1) is 23.8 Å². The fourth-order valence-electron chi connectivity index (χ4n) is 1.69. The minimum absolute atomic E-state index is 0.122. The summed E-state index contributed by atoms with van der Waals surface area (Å²) < 4.78 is 5.06. The summed E-state index contributed by atoms with van der Waals surface area (Å²) in [6.45, 7) is 2.01. The van der Waals surface area contributed by atoms with E-state index in [1.165, 1.54) is 25.3 Å². The summed E-state index contributed by atoms with van der Waals surface area (Å²) in [6.07, 6.45) is 2.36. The molecule has 1 aromatic carbocycles. The van der Waals surface area contributed by atoms with Gasteiger partial charge in [-0.1, -0.05) is 19.8 Å². The van der Waals surface area contributed by atoms with Crippen LogP contribution >= 0.6 is 0 Å². The summed E-state index contributed by atoms with van der Waals surface area (Å²) in [4.78, 5) is 22.1. The molecule has 20 heavy (non-hydrogen) atoms. The van der Waals surface area contributed by atoms with E-state index in [2.05, 4.69) is 5.32 Å². The van der Waals surface area contributed by atoms with Crippen molar-refractivity contribution in [2.24, 2.45) is 5.73 Å². The monoisotopic (exact) mass is 281 g/mol. The van der Waals surface area contributed by atoms with Gasteiger partial charge in [0.2, 0.25) is 5.91 Å². The number of amides is 1. The van der Waals surface area contributed by atoms with E-state index < -0.39 is 11.0 Å². The highest BCUT2D eigenvalue weighted by molar-refractivity contribution is 5.96. The molecule has 1 rings (SSSR count). The van der Waals surface area contributed by atoms with Crippen molar-refractivity contribution in [2.45, 2.75) is 32.2 Å². The quantitative estimate of drug-likeness (QED) is 0.587. The molecule has 1 atom stereocenters. The summed E-state index contributed by atoms with van der Waals surface area (Å²) in [5.41, 5.74) is 5.88. The average molecular weight is 281 g/mol. The van der Waals surface area contributed by atoms with Crippen molar-refractivity contribution in [1.29, 1.82) is 0 Å². The van der Waals surface area contributed by atoms with Gasteiger partial charge in [0.25, 0.3) is 5.69 Å². The smallest absolute Gasteiger partial charge is 0.271 e. The Morgan fingerprint density at radius 3 is 2.80 bits per heavy atom. The SMILES string of the molecule is CCCC[C@H](N)C(=O)Nc1cc([N+](=O)[O-])ccc1OC. The molecule has 0 heterocycles. The molecule has 7 heteroatoms. The van der Waals surface area contributed by atoms with Crippen LogP contribution in [0.1, 0.15) is 26.2 Å². The number of methoxy groups -OCH3 is 1. The van der Waals surface area contributed by atoms with Crippen molar-refractivity contribution in [3.05, 3.63) is 28.3 Å². The molecule has 0 spiro atoms. The maximum Gasteiger partial charge on any atom is 0.271 e. The number of nitrogens with zero attached hydrogens (tertiary/aromatic N) is 1. The van der Waals surface area contributed by atoms with Crippen molar-refractivity contribution < 1.29 is 14.5 Å². The van der Waals surface area contributed by atoms with Gasteiger partial charge in [0.15, 0.2) is 0 Å². The first-order valence-electron chi connectivity index (χ1n) is 6.38. The molecule has 110 valence electrons. The number of non-ortho nitro benzene ring substituents is 1. The number of unbranched alkanes of at least 4 members (excludes halogenated alkanes) is 1. The predicted molar refractivity (Wildman–Crippen MR) is 75.8 cm³/mol. The van der Waals surface area contributed by atoms with Gasteiger partial charge in [-0.3, -0.25) is 14.9 Å². The van der Waals surface area contributed by atoms with Gasteiger partial charge < -0.3 is 15.8 Å². The zero-order valence-electron chi connectivity index (χ0n) is 11.6. The largest absolute Gasteiger partial charge is 0.495 e. The number of benzene rings is 1. The molecule has 3 N–H and O–H groups in total. The predicted octanol–water partition coefficient (Wildman–Crippen LogP) is 2.06. The van der Waals surface area contributed by atoms with Crippen LogP contribution in [0.25, 0.3) is 0 Å². The Balaban J connectivity index is 2.86. The number of carbonyl (C=O) groups is 1. The highest BCUT2D eigenvalue weighted by Gasteiger charge is 2.17. The molecule has 0 unspecified atom stereocenters. The fraction of sp³-hybridized carbons (Fsp3) is 0.462. The van der Waals surface area contributed by atoms with E-state index >= 15 is 0 Å². The standard InChI is InChI=1S/C13H19N3O4/c1-3-4-5-10(14)13(17)15-11-8-9(16(18)19)6-7-12(11)20-2/h6-8,10H,3-5,14H2,1-2H3,(H,15,17)/t10-/m0/s1. The first-order chi connectivity index (χ1) is 9.49. The van der Waals surface area contributed by atoms with Crippen LogP contribution in [0.2, 0.25) is 0 Å². The normalized spacial score (nSPS) is 11.8. The highest BCUT2D eigenvalue weighted by atomic mass is 16.6. The Morgan fingerprint density at radius 1 is 1.55 bits per heavy atom. The lowest BCUT2D eigenvalue weighted by atomic mass is 10.1. The van der Waals surface area contributed by atoms with Crippen LogP contribution in [0.15, 0.2) is 18.2 Å². The summed E-state index contributed by atoms with van der Waals surface area (Å²) in [7, 11) is 1.42. The van der Waals surface area contributed by atoms with Gasteiger partial charge in [0.1, 0.15) is 5.75 Å². The molecule has 0 fully saturated rings. The number of nitro benzene ring substituents is 1. The number of carbonyl (C=O) groups excluding carboxylic acids is 1. The third-order valence-corrected chi connectivity index (χ3v) is 2.86. The van der Waals surface area contributed by atoms with Crippen LogP contribution < -0.4 is 15.8 Å². The number of hydrogen-bond donors (Lipinski definition) is 2. The molecule has 0 bridgehead atoms. The van der Waals surface area contributed by atoms with Crippen molar-refractivity contribution in [1.82, 2.24) is 0 Å². The maximum atomic E-state index is 11.9. The Kier molecular flexibility index (Phi) is 5.92. The third-order valence-electron chi connectivity index (χ3n) is 2.86. The van der Waals surface area contributed by atoms with Crippen LogP contribution in [0.5, 0.6) is 5.75 Å². The maximum absolute atomic E-state index is 11.9. The molecular formula is C13H19N3O4. The van der Waals surface area contributed by atoms with E-state index in [4.69, 9.17) is 10.5 Å². The van der Waals surface area contributed by atoms with E-state index in [0.717, 1.165) is 12.8 Å². The number of hydrogen-bond acceptors (Lipinski definition) is 5. The second kappa shape index (κ2) is 7.44. The number of rotatable bonds is 7. The second-order valence-corrected chi connectivity index (χ2v) is 4.38. The van der Waals surface area contributed by atoms with E-state index in [1.54, 1.807) is 0 Å². The second-order valence-electron chi connectivity index (χ2n) is 4.38. The number of anilines is 1. The zero-order chi connectivity index (χ0) is 15.1. The molecule has 0 saturated carbocycles. The third kappa shape index (κ3) is 4.20. The van der Waals surface area contributed by atoms with Gasteiger partial charge in [-0.05, 0) is 12.5 Å². The molecule has 0 radical (unpaired) electrons. The summed E-state index contributed by atoms with van der Waals surface area (Å²) in [5.74, 6) is -0.0242. The van der Waals surface area contributed by atoms with Gasteiger partial charge in [-0.15, -0.1) is 0 Å². The molecule has 7 nitrogen and oxygen atoms in total. The Bertz CT molecular complexity index is 491. The Labute approximate surface area is 117 Å². The first-order valence-corrected chi connectivity index (χ1v) is 6.38. The lowest BCUT2D eigenvalue weighted by Gasteiger charge is -2.14. The Morgan fingerprint density at radius 2 is 2.25 bits per heavy atom. The lowest BCUT2D eigenvalue weighted by molar-refractivity contribution is -0.384. The minimum Gasteiger partial charge on any atom is -0.495 e. The molecule has 1 aromatic rings. The fourth-order valence-corrected chi connectivity index (χ4v) is 1.69. The topological polar surface area (TPSA) is 107 Å². The number of nitrogens with one attached hydrogen (secondary N) is 1. The highest BCUT2D eigenvalue weighted by Crippen LogP contribution is 2.28. The van der Waals surface area contributed by atoms with Gasteiger partial charge >= 0.3 is 0 Å². The molecule has 0 saturated heterocycles. The Hall–Kier alpha value is -2.15. The number of nitro groups is 1. The van der Waals surface area contributed by atoms with Gasteiger partial charge in [0, 0.05) is 12.1 Å². The van der Waals surface area contributed by atoms with E-state index in [9.17, 15) is 14.9 Å². The van der Waals surface area contributed by atoms with E-state index in [-0.39, 0.29) is 17.3 Å². The minimum atomic E-state index is -0.640. The molecule has 0 aromatic heterocycles. The summed E-state index contributed by atoms with van der Waals surface area (Å²) >= 11 is 0. The van der Waals surface area contributed by atoms with Crippen LogP contribution in [0, 0.1) is 10.1 Å². The molecule has 0 aliphatic carbocycles. The average Bonchev–Trinajstić information content (AvgIpc) is 2.44. The van der Waals surface area contributed by atoms with Gasteiger partial charge in [-0.2, -0.15) is 0 Å². The summed E-state index contributed by atoms with van der Waals surface area (Å²) in [6, 6.07) is 3.36. The summed E-state index contributed by atoms with van der Waals surface area (Å²) in [5, 5.41) is 13.3. The van der Waals surface area contributed by atoms with Crippen LogP contribution in [0.3, 0.4) is 0 Å². The van der Waals surface area contributed by atoms with E-state index in [1.807, 2.05) is 6.92 Å². The first kappa shape index (κ1) is 15.9. The molecule has 0 aliphatic rings. The molecular weight excluding hydrogens is 262 g/mol. The van der Waals surface area contributed by atoms with Crippen molar-refractivity contribution in [2.75, 3.05) is 12.4 Å². The lowest BCUT2D eigenvalue weighted by Crippen LogP contribution is -2.35.